The van der Waals surface area contributed by atoms with Crippen LogP contribution in [-0.2, 0) is 11.2 Å². The predicted octanol–water partition coefficient (Wildman–Crippen LogP) is 0.799. The molecule has 0 amide bonds. The first-order valence-electron chi connectivity index (χ1n) is 5.62. The number of nitrogens with one attached hydrogen (secondary N) is 1. The molecular weight excluding hydrogens is 208 g/mol. The summed E-state index contributed by atoms with van der Waals surface area (Å²) in [6.45, 7) is 2.19. The van der Waals surface area contributed by atoms with Crippen LogP contribution in [0.5, 0.6) is 0 Å². The minimum Gasteiger partial charge on any atom is -0.408 e. The summed E-state index contributed by atoms with van der Waals surface area (Å²) in [6, 6.07) is 0.482. The molecule has 0 saturated heterocycles. The van der Waals surface area contributed by atoms with Crippen molar-refractivity contribution in [2.45, 2.75) is 25.7 Å². The zero-order valence-corrected chi connectivity index (χ0v) is 9.74. The first kappa shape index (κ1) is 12.9. The van der Waals surface area contributed by atoms with E-state index in [1.165, 1.54) is 0 Å². The van der Waals surface area contributed by atoms with E-state index in [0.29, 0.717) is 24.9 Å². The van der Waals surface area contributed by atoms with Gasteiger partial charge in [0.15, 0.2) is 0 Å². The third kappa shape index (κ3) is 5.09. The maximum absolute atomic E-state index is 5.38. The van der Waals surface area contributed by atoms with E-state index >= 15 is 0 Å². The molecule has 0 radical (unpaired) electrons. The van der Waals surface area contributed by atoms with E-state index in [0.717, 1.165) is 32.4 Å². The zero-order valence-electron chi connectivity index (χ0n) is 9.74. The Kier molecular flexibility index (Phi) is 6.52. The van der Waals surface area contributed by atoms with Crippen LogP contribution in [0.25, 0.3) is 0 Å². The molecular formula is C10H20N4O2. The molecule has 0 aromatic carbocycles. The van der Waals surface area contributed by atoms with E-state index < -0.39 is 0 Å². The van der Waals surface area contributed by atoms with Crippen molar-refractivity contribution in [2.75, 3.05) is 32.1 Å². The van der Waals surface area contributed by atoms with Crippen LogP contribution < -0.4 is 11.1 Å². The zero-order chi connectivity index (χ0) is 11.6. The molecule has 1 heterocycles. The Hall–Kier alpha value is -1.14. The van der Waals surface area contributed by atoms with E-state index in [1.807, 2.05) is 0 Å². The molecule has 0 atom stereocenters. The minimum absolute atomic E-state index is 0.482. The Morgan fingerprint density at radius 3 is 2.94 bits per heavy atom. The first-order chi connectivity index (χ1) is 7.86. The highest BCUT2D eigenvalue weighted by Crippen LogP contribution is 2.06. The Morgan fingerprint density at radius 2 is 2.19 bits per heavy atom. The Labute approximate surface area is 95.6 Å². The lowest BCUT2D eigenvalue weighted by Crippen LogP contribution is -2.03. The smallest absolute Gasteiger partial charge is 0.315 e. The van der Waals surface area contributed by atoms with Gasteiger partial charge >= 0.3 is 6.01 Å². The third-order valence-corrected chi connectivity index (χ3v) is 2.13. The summed E-state index contributed by atoms with van der Waals surface area (Å²) in [5.41, 5.74) is 5.38. The maximum atomic E-state index is 5.38. The molecule has 0 aliphatic carbocycles. The molecule has 1 rings (SSSR count). The van der Waals surface area contributed by atoms with Gasteiger partial charge in [-0.05, 0) is 19.3 Å². The van der Waals surface area contributed by atoms with E-state index in [9.17, 15) is 0 Å². The van der Waals surface area contributed by atoms with Crippen molar-refractivity contribution in [2.24, 2.45) is 5.73 Å². The summed E-state index contributed by atoms with van der Waals surface area (Å²) in [5, 5.41) is 10.8. The quantitative estimate of drug-likeness (QED) is 0.608. The lowest BCUT2D eigenvalue weighted by molar-refractivity contribution is 0.192. The molecule has 1 aromatic rings. The number of methoxy groups -OCH3 is 1. The molecule has 1 aromatic heterocycles. The van der Waals surface area contributed by atoms with Gasteiger partial charge < -0.3 is 20.2 Å². The van der Waals surface area contributed by atoms with E-state index in [-0.39, 0.29) is 0 Å². The van der Waals surface area contributed by atoms with Gasteiger partial charge in [-0.2, -0.15) is 0 Å². The average molecular weight is 228 g/mol. The van der Waals surface area contributed by atoms with Gasteiger partial charge in [0, 0.05) is 33.2 Å². The van der Waals surface area contributed by atoms with Crippen molar-refractivity contribution < 1.29 is 9.15 Å². The molecule has 0 aliphatic rings. The highest BCUT2D eigenvalue weighted by atomic mass is 16.5. The number of aromatic nitrogens is 2. The fourth-order valence-electron chi connectivity index (χ4n) is 1.29. The van der Waals surface area contributed by atoms with Crippen LogP contribution in [-0.4, -0.2) is 37.0 Å². The van der Waals surface area contributed by atoms with Crippen molar-refractivity contribution in [1.29, 1.82) is 0 Å². The average Bonchev–Trinajstić information content (AvgIpc) is 2.72. The maximum Gasteiger partial charge on any atom is 0.315 e. The van der Waals surface area contributed by atoms with E-state index in [2.05, 4.69) is 15.5 Å². The molecule has 0 fully saturated rings. The van der Waals surface area contributed by atoms with Crippen molar-refractivity contribution in [1.82, 2.24) is 10.2 Å². The standard InChI is InChI=1S/C10H20N4O2/c1-15-8-4-2-3-7-12-10-14-13-9(16-10)5-6-11/h2-8,11H2,1H3,(H,12,14). The molecule has 0 bridgehead atoms. The first-order valence-corrected chi connectivity index (χ1v) is 5.62. The number of unbranched alkanes of at least 4 members (excludes halogenated alkanes) is 2. The number of anilines is 1. The van der Waals surface area contributed by atoms with Crippen LogP contribution in [0.2, 0.25) is 0 Å². The second kappa shape index (κ2) is 8.06. The van der Waals surface area contributed by atoms with Crippen LogP contribution in [0.15, 0.2) is 4.42 Å². The lowest BCUT2D eigenvalue weighted by Gasteiger charge is -2.00. The summed E-state index contributed by atoms with van der Waals surface area (Å²) in [5.74, 6) is 0.587. The summed E-state index contributed by atoms with van der Waals surface area (Å²) < 4.78 is 10.3. The second-order valence-electron chi connectivity index (χ2n) is 3.52. The molecule has 0 unspecified atom stereocenters. The monoisotopic (exact) mass is 228 g/mol. The van der Waals surface area contributed by atoms with Crippen molar-refractivity contribution in [3.05, 3.63) is 5.89 Å². The van der Waals surface area contributed by atoms with Gasteiger partial charge in [0.25, 0.3) is 0 Å². The molecule has 0 aliphatic heterocycles. The number of hydrogen-bond donors (Lipinski definition) is 2. The molecule has 16 heavy (non-hydrogen) atoms. The fourth-order valence-corrected chi connectivity index (χ4v) is 1.29. The van der Waals surface area contributed by atoms with Crippen LogP contribution in [0, 0.1) is 0 Å². The second-order valence-corrected chi connectivity index (χ2v) is 3.52. The van der Waals surface area contributed by atoms with Crippen LogP contribution in [0.4, 0.5) is 6.01 Å². The summed E-state index contributed by atoms with van der Waals surface area (Å²) in [7, 11) is 1.72. The molecule has 0 spiro atoms. The number of ether oxygens (including phenoxy) is 1. The van der Waals surface area contributed by atoms with Gasteiger partial charge in [-0.15, -0.1) is 5.10 Å². The molecule has 92 valence electrons. The van der Waals surface area contributed by atoms with Crippen LogP contribution in [0.3, 0.4) is 0 Å². The van der Waals surface area contributed by atoms with Crippen molar-refractivity contribution >= 4 is 6.01 Å². The minimum atomic E-state index is 0.482. The SMILES string of the molecule is COCCCCCNc1nnc(CCN)o1. The molecule has 3 N–H and O–H groups in total. The van der Waals surface area contributed by atoms with E-state index in [4.69, 9.17) is 14.9 Å². The summed E-state index contributed by atoms with van der Waals surface area (Å²) in [4.78, 5) is 0. The van der Waals surface area contributed by atoms with Crippen LogP contribution in [0.1, 0.15) is 25.2 Å². The Bertz CT molecular complexity index is 278. The molecule has 0 saturated carbocycles. The fraction of sp³-hybridized carbons (Fsp3) is 0.800. The Balaban J connectivity index is 2.07. The number of hydrogen-bond acceptors (Lipinski definition) is 6. The summed E-state index contributed by atoms with van der Waals surface area (Å²) >= 11 is 0. The predicted molar refractivity (Wildman–Crippen MR) is 61.3 cm³/mol. The number of nitrogens with zero attached hydrogens (tertiary/aromatic N) is 2. The van der Waals surface area contributed by atoms with Crippen LogP contribution >= 0.6 is 0 Å². The molecule has 6 nitrogen and oxygen atoms in total. The largest absolute Gasteiger partial charge is 0.408 e. The van der Waals surface area contributed by atoms with E-state index in [1.54, 1.807) is 7.11 Å². The highest BCUT2D eigenvalue weighted by Gasteiger charge is 2.03. The van der Waals surface area contributed by atoms with Gasteiger partial charge in [0.05, 0.1) is 0 Å². The van der Waals surface area contributed by atoms with Gasteiger partial charge in [-0.3, -0.25) is 0 Å². The highest BCUT2D eigenvalue weighted by molar-refractivity contribution is 5.16. The topological polar surface area (TPSA) is 86.2 Å². The number of nitrogens with two attached hydrogens (primary N) is 1. The molecule has 6 heteroatoms. The van der Waals surface area contributed by atoms with Gasteiger partial charge in [0.1, 0.15) is 0 Å². The van der Waals surface area contributed by atoms with Gasteiger partial charge in [0.2, 0.25) is 5.89 Å². The normalized spacial score (nSPS) is 10.6. The van der Waals surface area contributed by atoms with Gasteiger partial charge in [-0.25, -0.2) is 0 Å². The van der Waals surface area contributed by atoms with Crippen molar-refractivity contribution in [3.63, 3.8) is 0 Å². The van der Waals surface area contributed by atoms with Gasteiger partial charge in [-0.1, -0.05) is 5.10 Å². The lowest BCUT2D eigenvalue weighted by atomic mass is 10.2. The number of rotatable bonds is 9. The Morgan fingerprint density at radius 1 is 1.31 bits per heavy atom. The summed E-state index contributed by atoms with van der Waals surface area (Å²) in [6.07, 6.45) is 3.91. The third-order valence-electron chi connectivity index (χ3n) is 2.13. The van der Waals surface area contributed by atoms with Crippen molar-refractivity contribution in [3.8, 4) is 0 Å².